The number of amides is 1. The van der Waals surface area contributed by atoms with Crippen molar-refractivity contribution in [1.29, 1.82) is 0 Å². The van der Waals surface area contributed by atoms with Crippen molar-refractivity contribution in [3.63, 3.8) is 0 Å². The van der Waals surface area contributed by atoms with Crippen molar-refractivity contribution >= 4 is 5.91 Å². The van der Waals surface area contributed by atoms with Gasteiger partial charge in [-0.3, -0.25) is 4.79 Å². The van der Waals surface area contributed by atoms with E-state index in [0.29, 0.717) is 5.56 Å². The Morgan fingerprint density at radius 1 is 1.23 bits per heavy atom. The molecule has 0 spiro atoms. The Hall–Kier alpha value is -2.14. The summed E-state index contributed by atoms with van der Waals surface area (Å²) >= 11 is 0. The highest BCUT2D eigenvalue weighted by Gasteiger charge is 2.22. The minimum absolute atomic E-state index is 0.0791. The predicted molar refractivity (Wildman–Crippen MR) is 86.5 cm³/mol. The number of aromatic nitrogens is 2. The van der Waals surface area contributed by atoms with Gasteiger partial charge in [-0.1, -0.05) is 19.1 Å². The molecule has 0 unspecified atom stereocenters. The lowest BCUT2D eigenvalue weighted by Gasteiger charge is -2.27. The van der Waals surface area contributed by atoms with Crippen LogP contribution in [0.4, 0.5) is 0 Å². The summed E-state index contributed by atoms with van der Waals surface area (Å²) < 4.78 is 1.84. The summed E-state index contributed by atoms with van der Waals surface area (Å²) in [7, 11) is 0. The summed E-state index contributed by atoms with van der Waals surface area (Å²) in [6, 6.07) is 8.32. The largest absolute Gasteiger partial charge is 0.336 e. The number of nitrogens with one attached hydrogen (secondary N) is 1. The highest BCUT2D eigenvalue weighted by Crippen LogP contribution is 2.17. The van der Waals surface area contributed by atoms with Gasteiger partial charge in [0.1, 0.15) is 0 Å². The first-order valence-corrected chi connectivity index (χ1v) is 7.84. The van der Waals surface area contributed by atoms with Gasteiger partial charge in [-0.25, -0.2) is 4.68 Å². The van der Waals surface area contributed by atoms with E-state index in [9.17, 15) is 4.79 Å². The van der Waals surface area contributed by atoms with Crippen molar-refractivity contribution in [2.75, 3.05) is 26.2 Å². The molecule has 0 atom stereocenters. The van der Waals surface area contributed by atoms with E-state index in [1.807, 2.05) is 16.5 Å². The highest BCUT2D eigenvalue weighted by molar-refractivity contribution is 5.95. The minimum atomic E-state index is 0.0791. The van der Waals surface area contributed by atoms with E-state index in [0.717, 1.165) is 44.0 Å². The number of carbonyl (C=O) groups excluding carboxylic acids is 1. The highest BCUT2D eigenvalue weighted by atomic mass is 16.2. The molecule has 116 valence electrons. The van der Waals surface area contributed by atoms with Crippen LogP contribution in [0, 0.1) is 6.92 Å². The average molecular weight is 298 g/mol. The number of rotatable bonds is 3. The lowest BCUT2D eigenvalue weighted by molar-refractivity contribution is 0.0735. The van der Waals surface area contributed by atoms with Crippen LogP contribution in [-0.2, 0) is 6.42 Å². The van der Waals surface area contributed by atoms with Crippen LogP contribution in [0.15, 0.2) is 30.5 Å². The lowest BCUT2D eigenvalue weighted by atomic mass is 10.1. The number of nitrogens with zero attached hydrogens (tertiary/aromatic N) is 3. The van der Waals surface area contributed by atoms with Crippen LogP contribution < -0.4 is 5.32 Å². The summed E-state index contributed by atoms with van der Waals surface area (Å²) in [6.07, 6.45) is 2.71. The van der Waals surface area contributed by atoms with Crippen molar-refractivity contribution in [2.24, 2.45) is 0 Å². The van der Waals surface area contributed by atoms with E-state index in [4.69, 9.17) is 0 Å². The van der Waals surface area contributed by atoms with Crippen molar-refractivity contribution < 1.29 is 4.79 Å². The molecule has 5 heteroatoms. The second kappa shape index (κ2) is 6.32. The second-order valence-electron chi connectivity index (χ2n) is 5.62. The third-order valence-electron chi connectivity index (χ3n) is 4.23. The maximum absolute atomic E-state index is 12.6. The number of carbonyl (C=O) groups is 1. The zero-order valence-electron chi connectivity index (χ0n) is 13.2. The maximum Gasteiger partial charge on any atom is 0.257 e. The Bertz CT molecular complexity index is 654. The zero-order valence-corrected chi connectivity index (χ0v) is 13.2. The number of aryl methyl sites for hydroxylation is 1. The third kappa shape index (κ3) is 2.76. The molecule has 0 bridgehead atoms. The molecule has 2 aromatic rings. The molecule has 1 amide bonds. The first-order valence-electron chi connectivity index (χ1n) is 7.84. The van der Waals surface area contributed by atoms with Gasteiger partial charge in [0.15, 0.2) is 0 Å². The molecule has 1 N–H and O–H groups in total. The zero-order chi connectivity index (χ0) is 15.5. The van der Waals surface area contributed by atoms with Crippen LogP contribution in [0.2, 0.25) is 0 Å². The standard InChI is InChI=1S/C17H22N4O/c1-3-14-4-6-15(7-5-14)21-13(2)16(12-19-21)17(22)20-10-8-18-9-11-20/h4-7,12,18H,3,8-11H2,1-2H3. The first kappa shape index (κ1) is 14.8. The van der Waals surface area contributed by atoms with Crippen LogP contribution in [-0.4, -0.2) is 46.8 Å². The normalized spacial score (nSPS) is 15.1. The van der Waals surface area contributed by atoms with E-state index < -0.39 is 0 Å². The van der Waals surface area contributed by atoms with E-state index in [-0.39, 0.29) is 5.91 Å². The van der Waals surface area contributed by atoms with Gasteiger partial charge in [0, 0.05) is 26.2 Å². The van der Waals surface area contributed by atoms with Crippen molar-refractivity contribution in [2.45, 2.75) is 20.3 Å². The minimum Gasteiger partial charge on any atom is -0.336 e. The Balaban J connectivity index is 1.85. The predicted octanol–water partition coefficient (Wildman–Crippen LogP) is 1.79. The van der Waals surface area contributed by atoms with E-state index in [1.165, 1.54) is 5.56 Å². The summed E-state index contributed by atoms with van der Waals surface area (Å²) in [5.41, 5.74) is 3.88. The SMILES string of the molecule is CCc1ccc(-n2ncc(C(=O)N3CCNCC3)c2C)cc1. The Labute approximate surface area is 130 Å². The topological polar surface area (TPSA) is 50.2 Å². The monoisotopic (exact) mass is 298 g/mol. The molecular weight excluding hydrogens is 276 g/mol. The lowest BCUT2D eigenvalue weighted by Crippen LogP contribution is -2.46. The van der Waals surface area contributed by atoms with E-state index in [1.54, 1.807) is 6.20 Å². The maximum atomic E-state index is 12.6. The first-order chi connectivity index (χ1) is 10.7. The number of hydrogen-bond donors (Lipinski definition) is 1. The summed E-state index contributed by atoms with van der Waals surface area (Å²) in [4.78, 5) is 14.5. The molecule has 0 saturated carbocycles. The molecule has 0 radical (unpaired) electrons. The van der Waals surface area contributed by atoms with Gasteiger partial charge in [0.2, 0.25) is 0 Å². The van der Waals surface area contributed by atoms with E-state index in [2.05, 4.69) is 41.6 Å². The number of hydrogen-bond acceptors (Lipinski definition) is 3. The van der Waals surface area contributed by atoms with Gasteiger partial charge in [0.25, 0.3) is 5.91 Å². The fraction of sp³-hybridized carbons (Fsp3) is 0.412. The van der Waals surface area contributed by atoms with Crippen LogP contribution >= 0.6 is 0 Å². The van der Waals surface area contributed by atoms with Gasteiger partial charge in [0.05, 0.1) is 23.1 Å². The van der Waals surface area contributed by atoms with Gasteiger partial charge >= 0.3 is 0 Å². The Morgan fingerprint density at radius 2 is 1.91 bits per heavy atom. The van der Waals surface area contributed by atoms with Crippen molar-refractivity contribution in [3.05, 3.63) is 47.3 Å². The Morgan fingerprint density at radius 3 is 2.55 bits per heavy atom. The molecule has 1 aromatic carbocycles. The average Bonchev–Trinajstić information content (AvgIpc) is 2.96. The van der Waals surface area contributed by atoms with Crippen LogP contribution in [0.5, 0.6) is 0 Å². The fourth-order valence-electron chi connectivity index (χ4n) is 2.79. The van der Waals surface area contributed by atoms with Crippen LogP contribution in [0.1, 0.15) is 28.5 Å². The molecule has 0 aliphatic carbocycles. The summed E-state index contributed by atoms with van der Waals surface area (Å²) in [5.74, 6) is 0.0791. The molecule has 1 aromatic heterocycles. The second-order valence-corrected chi connectivity index (χ2v) is 5.62. The molecule has 2 heterocycles. The molecule has 1 saturated heterocycles. The third-order valence-corrected chi connectivity index (χ3v) is 4.23. The number of piperazine rings is 1. The van der Waals surface area contributed by atoms with Gasteiger partial charge in [-0.05, 0) is 31.0 Å². The van der Waals surface area contributed by atoms with Gasteiger partial charge in [-0.2, -0.15) is 5.10 Å². The smallest absolute Gasteiger partial charge is 0.257 e. The molecular formula is C17H22N4O. The molecule has 5 nitrogen and oxygen atoms in total. The molecule has 1 aliphatic rings. The van der Waals surface area contributed by atoms with Crippen LogP contribution in [0.3, 0.4) is 0 Å². The molecule has 3 rings (SSSR count). The quantitative estimate of drug-likeness (QED) is 0.940. The Kier molecular flexibility index (Phi) is 4.24. The molecule has 1 aliphatic heterocycles. The molecule has 22 heavy (non-hydrogen) atoms. The van der Waals surface area contributed by atoms with Crippen LogP contribution in [0.25, 0.3) is 5.69 Å². The fourth-order valence-corrected chi connectivity index (χ4v) is 2.79. The molecule has 1 fully saturated rings. The van der Waals surface area contributed by atoms with Gasteiger partial charge < -0.3 is 10.2 Å². The number of benzene rings is 1. The van der Waals surface area contributed by atoms with E-state index >= 15 is 0 Å². The summed E-state index contributed by atoms with van der Waals surface area (Å²) in [5, 5.41) is 7.67. The van der Waals surface area contributed by atoms with Crippen molar-refractivity contribution in [1.82, 2.24) is 20.0 Å². The summed E-state index contributed by atoms with van der Waals surface area (Å²) in [6.45, 7) is 7.33. The van der Waals surface area contributed by atoms with Gasteiger partial charge in [-0.15, -0.1) is 0 Å². The van der Waals surface area contributed by atoms with Crippen molar-refractivity contribution in [3.8, 4) is 5.69 Å².